The van der Waals surface area contributed by atoms with Crippen molar-refractivity contribution in [1.29, 1.82) is 0 Å². The van der Waals surface area contributed by atoms with E-state index < -0.39 is 0 Å². The predicted octanol–water partition coefficient (Wildman–Crippen LogP) is 13.8. The highest BCUT2D eigenvalue weighted by Crippen LogP contribution is 2.63. The van der Waals surface area contributed by atoms with Crippen LogP contribution < -0.4 is 26.2 Å². The Labute approximate surface area is 378 Å². The minimum atomic E-state index is -0.375. The van der Waals surface area contributed by atoms with Gasteiger partial charge in [-0.25, -0.2) is 0 Å². The molecular weight excluding hydrogens is 771 g/mol. The van der Waals surface area contributed by atoms with Gasteiger partial charge in [-0.05, 0) is 152 Å². The first kappa shape index (κ1) is 36.9. The minimum absolute atomic E-state index is 0.148. The van der Waals surface area contributed by atoms with Gasteiger partial charge < -0.3 is 9.80 Å². The summed E-state index contributed by atoms with van der Waals surface area (Å²) in [7, 11) is 0. The van der Waals surface area contributed by atoms with E-state index in [1.165, 1.54) is 170 Å². The molecular formula is C61H51BN2. The van der Waals surface area contributed by atoms with Crippen molar-refractivity contribution in [2.24, 2.45) is 0 Å². The van der Waals surface area contributed by atoms with Crippen molar-refractivity contribution in [3.05, 3.63) is 204 Å². The maximum Gasteiger partial charge on any atom is 0.252 e. The summed E-state index contributed by atoms with van der Waals surface area (Å²) < 4.78 is 0. The largest absolute Gasteiger partial charge is 0.339 e. The van der Waals surface area contributed by atoms with E-state index in [0.717, 1.165) is 0 Å². The Morgan fingerprint density at radius 3 is 1.66 bits per heavy atom. The molecule has 0 unspecified atom stereocenters. The lowest BCUT2D eigenvalue weighted by molar-refractivity contribution is 0.435. The first-order valence-corrected chi connectivity index (χ1v) is 24.3. The second-order valence-electron chi connectivity index (χ2n) is 19.6. The van der Waals surface area contributed by atoms with E-state index in [2.05, 4.69) is 186 Å². The maximum absolute atomic E-state index is 2.83. The Bertz CT molecular complexity index is 3110. The van der Waals surface area contributed by atoms with Gasteiger partial charge in [-0.15, -0.1) is 0 Å². The van der Waals surface area contributed by atoms with Crippen LogP contribution in [0.25, 0.3) is 33.4 Å². The van der Waals surface area contributed by atoms with Crippen molar-refractivity contribution in [1.82, 2.24) is 0 Å². The van der Waals surface area contributed by atoms with Gasteiger partial charge in [-0.1, -0.05) is 172 Å². The number of nitrogens with zero attached hydrogens (tertiary/aromatic N) is 2. The molecule has 0 bridgehead atoms. The summed E-state index contributed by atoms with van der Waals surface area (Å²) in [6.45, 7) is 0.148. The van der Waals surface area contributed by atoms with Crippen molar-refractivity contribution in [2.45, 2.75) is 81.6 Å². The maximum atomic E-state index is 2.83. The van der Waals surface area contributed by atoms with Crippen LogP contribution in [0, 0.1) is 0 Å². The van der Waals surface area contributed by atoms with Crippen LogP contribution in [0.5, 0.6) is 0 Å². The fraction of sp³-hybridized carbons (Fsp3) is 0.213. The van der Waals surface area contributed by atoms with Crippen LogP contribution in [-0.4, -0.2) is 12.8 Å². The molecule has 6 aliphatic rings. The van der Waals surface area contributed by atoms with Crippen LogP contribution in [-0.2, 0) is 5.41 Å². The molecule has 0 saturated heterocycles. The monoisotopic (exact) mass is 822 g/mol. The highest BCUT2D eigenvalue weighted by molar-refractivity contribution is 7.00. The summed E-state index contributed by atoms with van der Waals surface area (Å²) in [5.41, 5.74) is 25.7. The quantitative estimate of drug-likeness (QED) is 0.163. The van der Waals surface area contributed by atoms with Crippen LogP contribution in [0.15, 0.2) is 176 Å². The number of hydrogen-bond acceptors (Lipinski definition) is 2. The van der Waals surface area contributed by atoms with E-state index in [0.29, 0.717) is 12.0 Å². The molecule has 2 heterocycles. The molecule has 0 atom stereocenters. The second-order valence-corrected chi connectivity index (χ2v) is 19.6. The van der Waals surface area contributed by atoms with Gasteiger partial charge in [0, 0.05) is 34.5 Å². The third-order valence-electron chi connectivity index (χ3n) is 16.4. The fourth-order valence-corrected chi connectivity index (χ4v) is 13.7. The zero-order valence-corrected chi connectivity index (χ0v) is 36.4. The molecule has 8 aromatic rings. The van der Waals surface area contributed by atoms with Crippen molar-refractivity contribution in [3.63, 3.8) is 0 Å². The van der Waals surface area contributed by atoms with E-state index in [9.17, 15) is 0 Å². The molecule has 8 aromatic carbocycles. The number of rotatable bonds is 4. The lowest BCUT2D eigenvalue weighted by atomic mass is 9.33. The number of anilines is 5. The van der Waals surface area contributed by atoms with E-state index in [4.69, 9.17) is 0 Å². The van der Waals surface area contributed by atoms with E-state index >= 15 is 0 Å². The molecule has 308 valence electrons. The van der Waals surface area contributed by atoms with Gasteiger partial charge in [0.05, 0.1) is 5.41 Å². The zero-order chi connectivity index (χ0) is 41.9. The second kappa shape index (κ2) is 14.2. The smallest absolute Gasteiger partial charge is 0.252 e. The highest BCUT2D eigenvalue weighted by atomic mass is 15.2. The van der Waals surface area contributed by atoms with Crippen molar-refractivity contribution < 1.29 is 0 Å². The number of benzene rings is 8. The Hall–Kier alpha value is -6.58. The molecule has 2 saturated carbocycles. The normalized spacial score (nSPS) is 17.6. The molecule has 0 N–H and O–H groups in total. The molecule has 14 rings (SSSR count). The zero-order valence-electron chi connectivity index (χ0n) is 36.4. The van der Waals surface area contributed by atoms with Crippen LogP contribution in [0.3, 0.4) is 0 Å². The minimum Gasteiger partial charge on any atom is -0.339 e. The van der Waals surface area contributed by atoms with Gasteiger partial charge in [0.25, 0.3) is 6.71 Å². The van der Waals surface area contributed by atoms with Crippen molar-refractivity contribution in [3.8, 4) is 33.4 Å². The lowest BCUT2D eigenvalue weighted by Crippen LogP contribution is -2.63. The first-order chi connectivity index (χ1) is 31.8. The SMILES string of the molecule is c1ccc(N2c3cc(-c4ccc5c(c4)C4(c6ccccc6-c6ccccc64)c4ccccc4-5)ccc3B3c4ccccc4N(C4CCCCC4)c4cc(C5CCCCC5)cc2c43)cc1. The summed E-state index contributed by atoms with van der Waals surface area (Å²) in [6, 6.07) is 68.9. The van der Waals surface area contributed by atoms with E-state index in [-0.39, 0.29) is 12.1 Å². The average molecular weight is 823 g/mol. The summed E-state index contributed by atoms with van der Waals surface area (Å²) in [5.74, 6) is 0.596. The van der Waals surface area contributed by atoms with Gasteiger partial charge in [0.1, 0.15) is 0 Å². The van der Waals surface area contributed by atoms with E-state index in [1.807, 2.05) is 0 Å². The van der Waals surface area contributed by atoms with Crippen LogP contribution in [0.4, 0.5) is 28.4 Å². The summed E-state index contributed by atoms with van der Waals surface area (Å²) in [6.07, 6.45) is 13.1. The molecule has 3 heteroatoms. The Balaban J connectivity index is 1.00. The van der Waals surface area contributed by atoms with Gasteiger partial charge in [0.15, 0.2) is 0 Å². The van der Waals surface area contributed by atoms with Crippen molar-refractivity contribution in [2.75, 3.05) is 9.80 Å². The Morgan fingerprint density at radius 2 is 0.953 bits per heavy atom. The number of para-hydroxylation sites is 2. The summed E-state index contributed by atoms with van der Waals surface area (Å²) in [4.78, 5) is 5.48. The molecule has 4 aliphatic carbocycles. The molecule has 2 nitrogen and oxygen atoms in total. The van der Waals surface area contributed by atoms with Gasteiger partial charge in [-0.3, -0.25) is 0 Å². The Kier molecular flexibility index (Phi) is 8.19. The highest BCUT2D eigenvalue weighted by Gasteiger charge is 2.52. The van der Waals surface area contributed by atoms with Gasteiger partial charge in [0.2, 0.25) is 0 Å². The number of hydrogen-bond donors (Lipinski definition) is 0. The topological polar surface area (TPSA) is 6.48 Å². The van der Waals surface area contributed by atoms with E-state index in [1.54, 1.807) is 0 Å². The summed E-state index contributed by atoms with van der Waals surface area (Å²) >= 11 is 0. The van der Waals surface area contributed by atoms with Crippen molar-refractivity contribution >= 4 is 51.5 Å². The Morgan fingerprint density at radius 1 is 0.406 bits per heavy atom. The van der Waals surface area contributed by atoms with Gasteiger partial charge >= 0.3 is 0 Å². The van der Waals surface area contributed by atoms with Crippen LogP contribution in [0.2, 0.25) is 0 Å². The lowest BCUT2D eigenvalue weighted by Gasteiger charge is -2.47. The van der Waals surface area contributed by atoms with Crippen LogP contribution in [0.1, 0.15) is 97.9 Å². The standard InChI is InChI=1S/C61H51BN2/c1-4-18-40(19-5-1)43-38-58-60-59(39-43)64(45-22-8-3-9-23-45)57-37-42(33-35-55(57)62(60)54-30-16-17-31-56(54)63(58)44-20-6-2-7-21-44)41-32-34-49-48-26-12-15-29-52(48)61(53(49)36-41)50-27-13-10-24-46(50)47-25-11-14-28-51(47)61/h3,8-17,22-40,44H,1-2,4-7,18-21H2. The average Bonchev–Trinajstić information content (AvgIpc) is 3.84. The molecule has 0 aromatic heterocycles. The predicted molar refractivity (Wildman–Crippen MR) is 269 cm³/mol. The molecule has 64 heavy (non-hydrogen) atoms. The fourth-order valence-electron chi connectivity index (χ4n) is 13.7. The molecule has 2 aliphatic heterocycles. The molecule has 1 spiro atoms. The first-order valence-electron chi connectivity index (χ1n) is 24.3. The molecule has 2 fully saturated rings. The summed E-state index contributed by atoms with van der Waals surface area (Å²) in [5, 5.41) is 0. The van der Waals surface area contributed by atoms with Crippen LogP contribution >= 0.6 is 0 Å². The third kappa shape index (κ3) is 5.10. The third-order valence-corrected chi connectivity index (χ3v) is 16.4. The van der Waals surface area contributed by atoms with Gasteiger partial charge in [-0.2, -0.15) is 0 Å². The molecule has 0 amide bonds. The number of fused-ring (bicyclic) bond motifs is 14. The molecule has 0 radical (unpaired) electrons.